The quantitative estimate of drug-likeness (QED) is 0.455. The molecule has 0 radical (unpaired) electrons. The third-order valence-corrected chi connectivity index (χ3v) is 4.80. The van der Waals surface area contributed by atoms with E-state index in [0.717, 1.165) is 32.2 Å². The van der Waals surface area contributed by atoms with E-state index >= 15 is 0 Å². The fraction of sp³-hybridized carbons (Fsp3) is 0.348. The third kappa shape index (κ3) is 4.60. The Morgan fingerprint density at radius 2 is 1.68 bits per heavy atom. The number of unbranched alkanes of at least 4 members (excludes halogenated alkanes) is 2. The van der Waals surface area contributed by atoms with E-state index in [4.69, 9.17) is 0 Å². The molecule has 0 spiro atoms. The van der Waals surface area contributed by atoms with Gasteiger partial charge in [-0.3, -0.25) is 4.79 Å². The van der Waals surface area contributed by atoms with Crippen LogP contribution in [-0.2, 0) is 17.8 Å². The maximum atomic E-state index is 12.1. The van der Waals surface area contributed by atoms with Gasteiger partial charge in [0.05, 0.1) is 0 Å². The summed E-state index contributed by atoms with van der Waals surface area (Å²) in [5, 5.41) is 1.28. The first-order valence-electron chi connectivity index (χ1n) is 9.40. The molecule has 1 heterocycles. The Morgan fingerprint density at radius 1 is 0.920 bits per heavy atom. The van der Waals surface area contributed by atoms with Crippen LogP contribution in [0.3, 0.4) is 0 Å². The third-order valence-electron chi connectivity index (χ3n) is 4.80. The number of hydrogen-bond acceptors (Lipinski definition) is 1. The van der Waals surface area contributed by atoms with Crippen LogP contribution in [0.1, 0.15) is 50.2 Å². The lowest BCUT2D eigenvalue weighted by atomic mass is 10.0. The smallest absolute Gasteiger partial charge is 0.133 e. The number of nitrogens with zero attached hydrogens (tertiary/aromatic N) is 1. The Labute approximate surface area is 150 Å². The van der Waals surface area contributed by atoms with Gasteiger partial charge in [0.25, 0.3) is 0 Å². The van der Waals surface area contributed by atoms with Gasteiger partial charge in [0.2, 0.25) is 0 Å². The van der Waals surface area contributed by atoms with E-state index in [2.05, 4.69) is 66.2 Å². The summed E-state index contributed by atoms with van der Waals surface area (Å²) in [6, 6.07) is 19.0. The van der Waals surface area contributed by atoms with E-state index < -0.39 is 0 Å². The van der Waals surface area contributed by atoms with Gasteiger partial charge in [0.15, 0.2) is 0 Å². The lowest BCUT2D eigenvalue weighted by Crippen LogP contribution is -2.00. The number of carbonyl (C=O) groups is 1. The zero-order valence-corrected chi connectivity index (χ0v) is 15.1. The molecule has 3 rings (SSSR count). The average molecular weight is 333 g/mol. The van der Waals surface area contributed by atoms with Gasteiger partial charge < -0.3 is 4.57 Å². The van der Waals surface area contributed by atoms with Gasteiger partial charge in [-0.15, -0.1) is 0 Å². The molecule has 0 aliphatic carbocycles. The maximum absolute atomic E-state index is 12.1. The molecule has 2 heteroatoms. The molecule has 0 aliphatic heterocycles. The van der Waals surface area contributed by atoms with Crippen molar-refractivity contribution in [1.29, 1.82) is 0 Å². The highest BCUT2D eigenvalue weighted by molar-refractivity contribution is 5.85. The Balaban J connectivity index is 1.74. The van der Waals surface area contributed by atoms with Crippen molar-refractivity contribution >= 4 is 16.7 Å². The molecule has 0 atom stereocenters. The number of carbonyl (C=O) groups excluding carboxylic acids is 1. The van der Waals surface area contributed by atoms with E-state index in [1.54, 1.807) is 0 Å². The molecule has 0 bridgehead atoms. The van der Waals surface area contributed by atoms with Crippen molar-refractivity contribution in [2.45, 2.75) is 52.0 Å². The summed E-state index contributed by atoms with van der Waals surface area (Å²) in [4.78, 5) is 12.1. The first kappa shape index (κ1) is 17.5. The molecule has 0 fully saturated rings. The summed E-state index contributed by atoms with van der Waals surface area (Å²) >= 11 is 0. The van der Waals surface area contributed by atoms with Gasteiger partial charge in [0.1, 0.15) is 5.78 Å². The van der Waals surface area contributed by atoms with E-state index in [1.165, 1.54) is 28.5 Å². The molecule has 2 aromatic carbocycles. The van der Waals surface area contributed by atoms with E-state index in [-0.39, 0.29) is 0 Å². The SMILES string of the molecule is CCCCCC(=O)CCc1cn(Cc2ccccc2)c2ccccc12. The first-order chi connectivity index (χ1) is 12.3. The molecule has 0 N–H and O–H groups in total. The maximum Gasteiger partial charge on any atom is 0.133 e. The minimum Gasteiger partial charge on any atom is -0.343 e. The molecule has 3 aromatic rings. The highest BCUT2D eigenvalue weighted by Gasteiger charge is 2.10. The number of aryl methyl sites for hydroxylation is 1. The van der Waals surface area contributed by atoms with Crippen LogP contribution >= 0.6 is 0 Å². The van der Waals surface area contributed by atoms with Gasteiger partial charge in [-0.1, -0.05) is 68.3 Å². The molecule has 0 saturated heterocycles. The monoisotopic (exact) mass is 333 g/mol. The van der Waals surface area contributed by atoms with Crippen LogP contribution in [0, 0.1) is 0 Å². The minimum atomic E-state index is 0.397. The number of Topliss-reactive ketones (excluding diaryl/α,β-unsaturated/α-hetero) is 1. The van der Waals surface area contributed by atoms with Crippen LogP contribution in [0.4, 0.5) is 0 Å². The zero-order chi connectivity index (χ0) is 17.5. The van der Waals surface area contributed by atoms with Crippen LogP contribution in [-0.4, -0.2) is 10.4 Å². The largest absolute Gasteiger partial charge is 0.343 e. The Bertz CT molecular complexity index is 816. The van der Waals surface area contributed by atoms with Crippen LogP contribution in [0.15, 0.2) is 60.8 Å². The minimum absolute atomic E-state index is 0.397. The van der Waals surface area contributed by atoms with Gasteiger partial charge in [0, 0.05) is 36.5 Å². The number of para-hydroxylation sites is 1. The number of aromatic nitrogens is 1. The Hall–Kier alpha value is -2.35. The second-order valence-electron chi connectivity index (χ2n) is 6.78. The molecule has 2 nitrogen and oxygen atoms in total. The molecular formula is C23H27NO. The van der Waals surface area contributed by atoms with Gasteiger partial charge in [-0.2, -0.15) is 0 Å². The molecule has 0 unspecified atom stereocenters. The Kier molecular flexibility index (Phi) is 6.05. The van der Waals surface area contributed by atoms with Crippen molar-refractivity contribution in [2.75, 3.05) is 0 Å². The lowest BCUT2D eigenvalue weighted by Gasteiger charge is -2.05. The second kappa shape index (κ2) is 8.66. The van der Waals surface area contributed by atoms with Gasteiger partial charge in [-0.05, 0) is 30.0 Å². The second-order valence-corrected chi connectivity index (χ2v) is 6.78. The fourth-order valence-electron chi connectivity index (χ4n) is 3.40. The molecule has 1 aromatic heterocycles. The fourth-order valence-corrected chi connectivity index (χ4v) is 3.40. The van der Waals surface area contributed by atoms with E-state index in [0.29, 0.717) is 12.2 Å². The van der Waals surface area contributed by atoms with Crippen LogP contribution in [0.25, 0.3) is 10.9 Å². The van der Waals surface area contributed by atoms with Crippen molar-refractivity contribution < 1.29 is 4.79 Å². The molecule has 0 aliphatic rings. The number of rotatable bonds is 9. The zero-order valence-electron chi connectivity index (χ0n) is 15.1. The predicted octanol–water partition coefficient (Wildman–Crippen LogP) is 5.77. The van der Waals surface area contributed by atoms with Crippen molar-refractivity contribution in [3.8, 4) is 0 Å². The summed E-state index contributed by atoms with van der Waals surface area (Å²) in [6.45, 7) is 3.04. The lowest BCUT2D eigenvalue weighted by molar-refractivity contribution is -0.119. The summed E-state index contributed by atoms with van der Waals surface area (Å²) in [6.07, 6.45) is 7.82. The van der Waals surface area contributed by atoms with Gasteiger partial charge in [-0.25, -0.2) is 0 Å². The van der Waals surface area contributed by atoms with E-state index in [1.807, 2.05) is 6.07 Å². The Morgan fingerprint density at radius 3 is 2.48 bits per heavy atom. The topological polar surface area (TPSA) is 22.0 Å². The number of fused-ring (bicyclic) bond motifs is 1. The summed E-state index contributed by atoms with van der Waals surface area (Å²) in [5.74, 6) is 0.397. The highest BCUT2D eigenvalue weighted by atomic mass is 16.1. The number of benzene rings is 2. The highest BCUT2D eigenvalue weighted by Crippen LogP contribution is 2.24. The molecule has 0 saturated carbocycles. The van der Waals surface area contributed by atoms with Crippen molar-refractivity contribution in [2.24, 2.45) is 0 Å². The number of hydrogen-bond donors (Lipinski definition) is 0. The molecule has 0 amide bonds. The summed E-state index contributed by atoms with van der Waals surface area (Å²) < 4.78 is 2.31. The van der Waals surface area contributed by atoms with Crippen molar-refractivity contribution in [3.63, 3.8) is 0 Å². The molecule has 130 valence electrons. The van der Waals surface area contributed by atoms with Crippen LogP contribution in [0.5, 0.6) is 0 Å². The van der Waals surface area contributed by atoms with Gasteiger partial charge >= 0.3 is 0 Å². The van der Waals surface area contributed by atoms with E-state index in [9.17, 15) is 4.79 Å². The van der Waals surface area contributed by atoms with Crippen LogP contribution < -0.4 is 0 Å². The molecular weight excluding hydrogens is 306 g/mol. The summed E-state index contributed by atoms with van der Waals surface area (Å²) in [7, 11) is 0. The standard InChI is InChI=1S/C23H27NO/c1-2-3-5-12-21(25)16-15-20-18-24(17-19-10-6-4-7-11-19)23-14-9-8-13-22(20)23/h4,6-11,13-14,18H,2-3,5,12,15-17H2,1H3. The first-order valence-corrected chi connectivity index (χ1v) is 9.40. The molecule has 25 heavy (non-hydrogen) atoms. The average Bonchev–Trinajstić information content (AvgIpc) is 2.99. The predicted molar refractivity (Wildman–Crippen MR) is 105 cm³/mol. The van der Waals surface area contributed by atoms with Crippen molar-refractivity contribution in [3.05, 3.63) is 71.9 Å². The summed E-state index contributed by atoms with van der Waals surface area (Å²) in [5.41, 5.74) is 3.83. The van der Waals surface area contributed by atoms with Crippen LogP contribution in [0.2, 0.25) is 0 Å². The normalized spacial score (nSPS) is 11.1. The van der Waals surface area contributed by atoms with Crippen molar-refractivity contribution in [1.82, 2.24) is 4.57 Å². The number of ketones is 1.